The second-order valence-electron chi connectivity index (χ2n) is 4.20. The van der Waals surface area contributed by atoms with Crippen LogP contribution in [0.3, 0.4) is 0 Å². The van der Waals surface area contributed by atoms with E-state index in [1.165, 1.54) is 6.42 Å². The molecular formula is C12H28N4O. The molecule has 3 N–H and O–H groups in total. The molecule has 0 aliphatic heterocycles. The van der Waals surface area contributed by atoms with Crippen LogP contribution in [0.15, 0.2) is 4.99 Å². The van der Waals surface area contributed by atoms with E-state index in [-0.39, 0.29) is 6.04 Å². The molecule has 0 radical (unpaired) electrons. The van der Waals surface area contributed by atoms with Gasteiger partial charge in [0.2, 0.25) is 0 Å². The molecule has 0 rings (SSSR count). The van der Waals surface area contributed by atoms with Gasteiger partial charge in [0.1, 0.15) is 0 Å². The van der Waals surface area contributed by atoms with Crippen molar-refractivity contribution in [2.75, 3.05) is 39.9 Å². The van der Waals surface area contributed by atoms with Crippen molar-refractivity contribution in [1.82, 2.24) is 10.2 Å². The Bertz CT molecular complexity index is 209. The minimum Gasteiger partial charge on any atom is -0.383 e. The molecule has 102 valence electrons. The average molecular weight is 244 g/mol. The Balaban J connectivity index is 3.81. The lowest BCUT2D eigenvalue weighted by molar-refractivity contribution is 0.179. The number of nitrogens with zero attached hydrogens (tertiary/aromatic N) is 2. The van der Waals surface area contributed by atoms with Crippen molar-refractivity contribution in [3.05, 3.63) is 0 Å². The number of hydrogen-bond donors (Lipinski definition) is 2. The number of likely N-dealkylation sites (N-methyl/N-ethyl adjacent to an activating group) is 1. The van der Waals surface area contributed by atoms with Gasteiger partial charge < -0.3 is 20.7 Å². The number of methoxy groups -OCH3 is 1. The monoisotopic (exact) mass is 244 g/mol. The van der Waals surface area contributed by atoms with E-state index in [2.05, 4.69) is 29.1 Å². The van der Waals surface area contributed by atoms with Crippen LogP contribution in [-0.4, -0.2) is 56.8 Å². The molecule has 1 unspecified atom stereocenters. The maximum Gasteiger partial charge on any atom is 0.188 e. The fraction of sp³-hybridized carbons (Fsp3) is 0.917. The molecule has 0 saturated carbocycles. The van der Waals surface area contributed by atoms with Crippen LogP contribution in [0.5, 0.6) is 0 Å². The molecule has 0 aliphatic rings. The molecule has 0 bridgehead atoms. The van der Waals surface area contributed by atoms with Gasteiger partial charge in [-0.1, -0.05) is 13.8 Å². The van der Waals surface area contributed by atoms with Gasteiger partial charge in [-0.05, 0) is 26.4 Å². The van der Waals surface area contributed by atoms with Crippen LogP contribution in [-0.2, 0) is 4.74 Å². The molecule has 0 saturated heterocycles. The molecule has 0 amide bonds. The third kappa shape index (κ3) is 8.94. The van der Waals surface area contributed by atoms with E-state index in [0.717, 1.165) is 26.2 Å². The van der Waals surface area contributed by atoms with Crippen LogP contribution in [0.25, 0.3) is 0 Å². The highest BCUT2D eigenvalue weighted by Gasteiger charge is 2.02. The third-order valence-electron chi connectivity index (χ3n) is 2.50. The Labute approximate surface area is 105 Å². The normalized spacial score (nSPS) is 14.1. The molecule has 0 spiro atoms. The number of hydrogen-bond acceptors (Lipinski definition) is 3. The van der Waals surface area contributed by atoms with Gasteiger partial charge in [-0.25, -0.2) is 0 Å². The maximum atomic E-state index is 5.77. The highest BCUT2D eigenvalue weighted by atomic mass is 16.5. The van der Waals surface area contributed by atoms with E-state index in [0.29, 0.717) is 12.6 Å². The van der Waals surface area contributed by atoms with Crippen molar-refractivity contribution in [3.63, 3.8) is 0 Å². The lowest BCUT2D eigenvalue weighted by Crippen LogP contribution is -2.41. The van der Waals surface area contributed by atoms with Gasteiger partial charge in [-0.15, -0.1) is 0 Å². The molecular weight excluding hydrogens is 216 g/mol. The summed E-state index contributed by atoms with van der Waals surface area (Å²) in [5.41, 5.74) is 5.77. The van der Waals surface area contributed by atoms with Gasteiger partial charge in [0.25, 0.3) is 0 Å². The quantitative estimate of drug-likeness (QED) is 0.462. The maximum absolute atomic E-state index is 5.77. The number of nitrogens with one attached hydrogen (secondary N) is 1. The molecule has 0 aromatic heterocycles. The summed E-state index contributed by atoms with van der Waals surface area (Å²) in [5.74, 6) is 0.502. The topological polar surface area (TPSA) is 62.9 Å². The number of rotatable bonds is 9. The lowest BCUT2D eigenvalue weighted by atomic mass is 10.4. The van der Waals surface area contributed by atoms with Crippen LogP contribution >= 0.6 is 0 Å². The fourth-order valence-electron chi connectivity index (χ4n) is 1.65. The summed E-state index contributed by atoms with van der Waals surface area (Å²) in [4.78, 5) is 6.67. The predicted molar refractivity (Wildman–Crippen MR) is 73.4 cm³/mol. The van der Waals surface area contributed by atoms with Crippen molar-refractivity contribution in [3.8, 4) is 0 Å². The van der Waals surface area contributed by atoms with Crippen LogP contribution in [0.4, 0.5) is 0 Å². The second-order valence-corrected chi connectivity index (χ2v) is 4.20. The Kier molecular flexibility index (Phi) is 9.86. The molecule has 5 nitrogen and oxygen atoms in total. The van der Waals surface area contributed by atoms with Gasteiger partial charge >= 0.3 is 0 Å². The first-order chi connectivity index (χ1) is 8.13. The molecule has 0 aromatic rings. The molecule has 17 heavy (non-hydrogen) atoms. The molecule has 5 heteroatoms. The van der Waals surface area contributed by atoms with E-state index in [9.17, 15) is 0 Å². The highest BCUT2D eigenvalue weighted by molar-refractivity contribution is 5.78. The summed E-state index contributed by atoms with van der Waals surface area (Å²) < 4.78 is 5.02. The first-order valence-corrected chi connectivity index (χ1v) is 6.41. The number of ether oxygens (including phenoxy) is 1. The first kappa shape index (κ1) is 16.2. The lowest BCUT2D eigenvalue weighted by Gasteiger charge is -2.18. The Hall–Kier alpha value is -0.810. The Morgan fingerprint density at radius 3 is 2.65 bits per heavy atom. The smallest absolute Gasteiger partial charge is 0.188 e. The number of aliphatic imine (C=N–C) groups is 1. The molecule has 0 fully saturated rings. The zero-order valence-corrected chi connectivity index (χ0v) is 11.7. The van der Waals surface area contributed by atoms with Crippen molar-refractivity contribution < 1.29 is 4.74 Å². The first-order valence-electron chi connectivity index (χ1n) is 6.41. The van der Waals surface area contributed by atoms with E-state index in [1.807, 2.05) is 6.92 Å². The van der Waals surface area contributed by atoms with Crippen LogP contribution in [0.1, 0.15) is 27.2 Å². The number of guanidine groups is 1. The van der Waals surface area contributed by atoms with Crippen LogP contribution in [0.2, 0.25) is 0 Å². The molecule has 0 heterocycles. The van der Waals surface area contributed by atoms with Gasteiger partial charge in [0.15, 0.2) is 5.96 Å². The molecule has 1 atom stereocenters. The van der Waals surface area contributed by atoms with Crippen molar-refractivity contribution in [2.24, 2.45) is 10.7 Å². The number of nitrogens with two attached hydrogens (primary N) is 1. The van der Waals surface area contributed by atoms with E-state index in [4.69, 9.17) is 10.5 Å². The Morgan fingerprint density at radius 1 is 1.41 bits per heavy atom. The molecule has 0 aromatic carbocycles. The van der Waals surface area contributed by atoms with Crippen LogP contribution in [0, 0.1) is 0 Å². The average Bonchev–Trinajstić information content (AvgIpc) is 2.28. The summed E-state index contributed by atoms with van der Waals surface area (Å²) in [7, 11) is 1.68. The zero-order chi connectivity index (χ0) is 13.1. The van der Waals surface area contributed by atoms with Crippen molar-refractivity contribution in [2.45, 2.75) is 33.2 Å². The Morgan fingerprint density at radius 2 is 2.12 bits per heavy atom. The summed E-state index contributed by atoms with van der Waals surface area (Å²) in [6.45, 7) is 10.9. The predicted octanol–water partition coefficient (Wildman–Crippen LogP) is 0.658. The zero-order valence-electron chi connectivity index (χ0n) is 11.7. The summed E-state index contributed by atoms with van der Waals surface area (Å²) in [5, 5.41) is 3.09. The van der Waals surface area contributed by atoms with Gasteiger partial charge in [0.05, 0.1) is 13.2 Å². The van der Waals surface area contributed by atoms with E-state index in [1.54, 1.807) is 7.11 Å². The van der Waals surface area contributed by atoms with E-state index < -0.39 is 0 Å². The van der Waals surface area contributed by atoms with Crippen LogP contribution < -0.4 is 11.1 Å². The third-order valence-corrected chi connectivity index (χ3v) is 2.50. The van der Waals surface area contributed by atoms with Crippen molar-refractivity contribution in [1.29, 1.82) is 0 Å². The minimum atomic E-state index is 0.196. The summed E-state index contributed by atoms with van der Waals surface area (Å²) in [6, 6.07) is 0.196. The van der Waals surface area contributed by atoms with Crippen molar-refractivity contribution >= 4 is 5.96 Å². The highest BCUT2D eigenvalue weighted by Crippen LogP contribution is 1.90. The summed E-state index contributed by atoms with van der Waals surface area (Å²) >= 11 is 0. The van der Waals surface area contributed by atoms with E-state index >= 15 is 0 Å². The second kappa shape index (κ2) is 10.4. The standard InChI is InChI=1S/C12H28N4O/c1-5-8-16(6-2)9-7-14-12(13)15-11(3)10-17-4/h11H,5-10H2,1-4H3,(H3,13,14,15). The van der Waals surface area contributed by atoms with Gasteiger partial charge in [0, 0.05) is 19.7 Å². The largest absolute Gasteiger partial charge is 0.383 e. The summed E-state index contributed by atoms with van der Waals surface area (Å²) in [6.07, 6.45) is 1.18. The van der Waals surface area contributed by atoms with Gasteiger partial charge in [-0.2, -0.15) is 0 Å². The molecule has 0 aliphatic carbocycles. The SMILES string of the molecule is CCCN(CC)CCN=C(N)NC(C)COC. The fourth-order valence-corrected chi connectivity index (χ4v) is 1.65. The minimum absolute atomic E-state index is 0.196. The van der Waals surface area contributed by atoms with Gasteiger partial charge in [-0.3, -0.25) is 4.99 Å².